The summed E-state index contributed by atoms with van der Waals surface area (Å²) in [5, 5.41) is 0. The Morgan fingerprint density at radius 1 is 0.353 bits per heavy atom. The van der Waals surface area contributed by atoms with E-state index in [1.165, 1.54) is 22.3 Å². The van der Waals surface area contributed by atoms with Gasteiger partial charge in [0, 0.05) is 11.1 Å². The van der Waals surface area contributed by atoms with Crippen LogP contribution in [0, 0.1) is 51.4 Å². The van der Waals surface area contributed by atoms with E-state index in [2.05, 4.69) is 99.9 Å². The summed E-state index contributed by atoms with van der Waals surface area (Å²) in [6.07, 6.45) is 0. The van der Waals surface area contributed by atoms with Crippen LogP contribution in [0.3, 0.4) is 0 Å². The van der Waals surface area contributed by atoms with Gasteiger partial charge in [0.15, 0.2) is 0 Å². The summed E-state index contributed by atoms with van der Waals surface area (Å²) in [7, 11) is 0. The quantitative estimate of drug-likeness (QED) is 0.295. The minimum atomic E-state index is 1.09. The van der Waals surface area contributed by atoms with Gasteiger partial charge in [0.25, 0.3) is 0 Å². The van der Waals surface area contributed by atoms with Gasteiger partial charge >= 0.3 is 0 Å². The van der Waals surface area contributed by atoms with Crippen LogP contribution < -0.4 is 0 Å². The second kappa shape index (κ2) is 26.0. The Hall–Kier alpha value is -3.22. The first-order chi connectivity index (χ1) is 16.4. The fourth-order valence-electron chi connectivity index (χ4n) is 2.20. The highest BCUT2D eigenvalue weighted by Crippen LogP contribution is 2.01. The molecule has 0 aromatic heterocycles. The Balaban J connectivity index is -0.000000383. The summed E-state index contributed by atoms with van der Waals surface area (Å²) >= 11 is 0. The highest BCUT2D eigenvalue weighted by Gasteiger charge is 1.84. The molecule has 0 heterocycles. The zero-order valence-corrected chi connectivity index (χ0v) is 23.9. The predicted molar refractivity (Wildman–Crippen MR) is 157 cm³/mol. The maximum atomic E-state index is 2.98. The summed E-state index contributed by atoms with van der Waals surface area (Å²) in [6.45, 7) is 24.0. The Morgan fingerprint density at radius 2 is 0.529 bits per heavy atom. The van der Waals surface area contributed by atoms with Crippen LogP contribution in [-0.2, 0) is 0 Å². The molecule has 0 amide bonds. The van der Waals surface area contributed by atoms with E-state index in [-0.39, 0.29) is 0 Å². The fourth-order valence-corrected chi connectivity index (χ4v) is 2.20. The van der Waals surface area contributed by atoms with Gasteiger partial charge in [0.2, 0.25) is 0 Å². The van der Waals surface area contributed by atoms with E-state index in [9.17, 15) is 0 Å². The molecule has 0 nitrogen and oxygen atoms in total. The molecule has 0 saturated carbocycles. The molecule has 0 unspecified atom stereocenters. The monoisotopic (exact) mass is 456 g/mol. The molecule has 0 spiro atoms. The molecule has 0 radical (unpaired) electrons. The molecule has 0 saturated heterocycles. The lowest BCUT2D eigenvalue weighted by Gasteiger charge is -1.90. The summed E-state index contributed by atoms with van der Waals surface area (Å²) in [6, 6.07) is 24.9. The third-order valence-corrected chi connectivity index (χ3v) is 3.86. The second-order valence-electron chi connectivity index (χ2n) is 6.64. The summed E-state index contributed by atoms with van der Waals surface area (Å²) < 4.78 is 0. The lowest BCUT2D eigenvalue weighted by atomic mass is 10.2. The van der Waals surface area contributed by atoms with Crippen molar-refractivity contribution in [2.24, 2.45) is 0 Å². The Morgan fingerprint density at radius 3 is 0.706 bits per heavy atom. The molecule has 0 N–H and O–H groups in total. The first-order valence-corrected chi connectivity index (χ1v) is 12.5. The van der Waals surface area contributed by atoms with Crippen molar-refractivity contribution in [2.75, 3.05) is 0 Å². The minimum Gasteiger partial charge on any atom is -0.101 e. The van der Waals surface area contributed by atoms with Crippen LogP contribution in [-0.4, -0.2) is 0 Å². The van der Waals surface area contributed by atoms with E-state index in [0.717, 1.165) is 11.1 Å². The summed E-state index contributed by atoms with van der Waals surface area (Å²) in [5.41, 5.74) is 7.40. The summed E-state index contributed by atoms with van der Waals surface area (Å²) in [5.74, 6) is 11.7. The average Bonchev–Trinajstić information content (AvgIpc) is 2.89. The SMILES string of the molecule is CC.CC.CC.CC#Cc1ccc(C)cc1.CC#Cc1ccc(C)cc1.Cc1ccc(C)cc1. The Kier molecular flexibility index (Phi) is 27.1. The maximum absolute atomic E-state index is 2.98. The van der Waals surface area contributed by atoms with Crippen LogP contribution in [0.4, 0.5) is 0 Å². The smallest absolute Gasteiger partial charge is 0.0245 e. The van der Waals surface area contributed by atoms with Crippen LogP contribution in [0.5, 0.6) is 0 Å². The number of aryl methyl sites for hydroxylation is 4. The van der Waals surface area contributed by atoms with Crippen LogP contribution in [0.15, 0.2) is 72.8 Å². The van der Waals surface area contributed by atoms with Gasteiger partial charge in [-0.25, -0.2) is 0 Å². The molecule has 0 heteroatoms. The van der Waals surface area contributed by atoms with Gasteiger partial charge < -0.3 is 0 Å². The molecule has 0 fully saturated rings. The number of hydrogen-bond donors (Lipinski definition) is 0. The van der Waals surface area contributed by atoms with Crippen molar-refractivity contribution < 1.29 is 0 Å². The standard InChI is InChI=1S/2C10H10.C8H10.3C2H6/c2*1-3-4-10-7-5-9(2)6-8-10;1-7-3-5-8(2)6-4-7;3*1-2/h2*5-8H,1-2H3;3-6H,1-2H3;3*1-2H3. The van der Waals surface area contributed by atoms with Crippen molar-refractivity contribution in [3.05, 3.63) is 106 Å². The van der Waals surface area contributed by atoms with Gasteiger partial charge in [-0.1, -0.05) is 124 Å². The van der Waals surface area contributed by atoms with Crippen LogP contribution in [0.2, 0.25) is 0 Å². The van der Waals surface area contributed by atoms with Crippen molar-refractivity contribution in [1.29, 1.82) is 0 Å². The molecule has 0 aliphatic heterocycles. The summed E-state index contributed by atoms with van der Waals surface area (Å²) in [4.78, 5) is 0. The van der Waals surface area contributed by atoms with Crippen molar-refractivity contribution in [2.45, 2.75) is 83.1 Å². The van der Waals surface area contributed by atoms with Gasteiger partial charge in [-0.15, -0.1) is 11.8 Å². The third-order valence-electron chi connectivity index (χ3n) is 3.86. The van der Waals surface area contributed by atoms with Crippen molar-refractivity contribution >= 4 is 0 Å². The van der Waals surface area contributed by atoms with Gasteiger partial charge in [0.1, 0.15) is 0 Å². The molecule has 0 bridgehead atoms. The molecular weight excluding hydrogens is 408 g/mol. The molecule has 184 valence electrons. The Labute approximate surface area is 212 Å². The maximum Gasteiger partial charge on any atom is 0.0245 e. The Bertz CT molecular complexity index is 851. The van der Waals surface area contributed by atoms with E-state index >= 15 is 0 Å². The number of hydrogen-bond acceptors (Lipinski definition) is 0. The van der Waals surface area contributed by atoms with Crippen LogP contribution >= 0.6 is 0 Å². The molecular formula is C34H48. The zero-order valence-electron chi connectivity index (χ0n) is 23.9. The number of benzene rings is 3. The molecule has 0 atom stereocenters. The van der Waals surface area contributed by atoms with E-state index < -0.39 is 0 Å². The predicted octanol–water partition coefficient (Wildman–Crippen LogP) is 10.1. The van der Waals surface area contributed by atoms with Gasteiger partial charge in [-0.05, 0) is 65.8 Å². The molecule has 0 aliphatic carbocycles. The fraction of sp³-hybridized carbons (Fsp3) is 0.353. The first-order valence-electron chi connectivity index (χ1n) is 12.5. The average molecular weight is 457 g/mol. The molecule has 0 aliphatic rings. The highest BCUT2D eigenvalue weighted by molar-refractivity contribution is 5.36. The van der Waals surface area contributed by atoms with Gasteiger partial charge in [0.05, 0.1) is 0 Å². The van der Waals surface area contributed by atoms with Gasteiger partial charge in [-0.3, -0.25) is 0 Å². The lowest BCUT2D eigenvalue weighted by molar-refractivity contribution is 1.40. The van der Waals surface area contributed by atoms with Crippen LogP contribution in [0.25, 0.3) is 0 Å². The van der Waals surface area contributed by atoms with Crippen LogP contribution in [0.1, 0.15) is 88.8 Å². The van der Waals surface area contributed by atoms with Crippen molar-refractivity contribution in [3.63, 3.8) is 0 Å². The zero-order chi connectivity index (χ0) is 26.8. The minimum absolute atomic E-state index is 1.09. The van der Waals surface area contributed by atoms with E-state index in [1.54, 1.807) is 0 Å². The first kappa shape index (κ1) is 35.4. The topological polar surface area (TPSA) is 0 Å². The van der Waals surface area contributed by atoms with Gasteiger partial charge in [-0.2, -0.15) is 0 Å². The van der Waals surface area contributed by atoms with E-state index in [0.29, 0.717) is 0 Å². The molecule has 3 rings (SSSR count). The number of rotatable bonds is 0. The second-order valence-corrected chi connectivity index (χ2v) is 6.64. The largest absolute Gasteiger partial charge is 0.101 e. The third kappa shape index (κ3) is 20.7. The molecule has 3 aromatic rings. The van der Waals surface area contributed by atoms with Crippen molar-refractivity contribution in [1.82, 2.24) is 0 Å². The molecule has 34 heavy (non-hydrogen) atoms. The highest BCUT2D eigenvalue weighted by atomic mass is 13.9. The normalized spacial score (nSPS) is 7.53. The molecule has 3 aromatic carbocycles. The lowest BCUT2D eigenvalue weighted by Crippen LogP contribution is -1.73. The van der Waals surface area contributed by atoms with E-state index in [4.69, 9.17) is 0 Å². The van der Waals surface area contributed by atoms with Crippen molar-refractivity contribution in [3.8, 4) is 23.7 Å². The van der Waals surface area contributed by atoms with E-state index in [1.807, 2.05) is 79.7 Å².